The Hall–Kier alpha value is -4.00. The summed E-state index contributed by atoms with van der Waals surface area (Å²) in [5, 5.41) is 20.8. The fraction of sp³-hybridized carbons (Fsp3) is 0.148. The lowest BCUT2D eigenvalue weighted by molar-refractivity contribution is 0.0950. The summed E-state index contributed by atoms with van der Waals surface area (Å²) >= 11 is 6.43. The summed E-state index contributed by atoms with van der Waals surface area (Å²) in [5.74, 6) is -2.90. The second kappa shape index (κ2) is 8.09. The number of Topliss-reactive ketones (excluding diaryl/α,β-unsaturated/α-hetero) is 1. The minimum Gasteiger partial charge on any atom is -0.351 e. The lowest BCUT2D eigenvalue weighted by Crippen LogP contribution is -2.44. The number of halogens is 3. The maximum absolute atomic E-state index is 15.3. The summed E-state index contributed by atoms with van der Waals surface area (Å²) in [6, 6.07) is 18.6. The molecule has 0 bridgehead atoms. The van der Waals surface area contributed by atoms with E-state index >= 15 is 4.39 Å². The zero-order chi connectivity index (χ0) is 24.0. The lowest BCUT2D eigenvalue weighted by Gasteiger charge is -2.35. The number of carbonyl (C=O) groups is 1. The van der Waals surface area contributed by atoms with E-state index in [4.69, 9.17) is 11.6 Å². The molecular weight excluding hydrogens is 456 g/mol. The zero-order valence-corrected chi connectivity index (χ0v) is 18.4. The van der Waals surface area contributed by atoms with Crippen LogP contribution in [0.25, 0.3) is 6.08 Å². The molecule has 0 aliphatic carbocycles. The van der Waals surface area contributed by atoms with Crippen LogP contribution in [0, 0.1) is 39.7 Å². The van der Waals surface area contributed by atoms with Crippen molar-refractivity contribution in [2.24, 2.45) is 5.41 Å². The number of carbonyl (C=O) groups excluding carboxylic acids is 1. The molecule has 34 heavy (non-hydrogen) atoms. The average Bonchev–Trinajstić information content (AvgIpc) is 3.14. The highest BCUT2D eigenvalue weighted by Gasteiger charge is 2.64. The van der Waals surface area contributed by atoms with Crippen LogP contribution >= 0.6 is 11.6 Å². The van der Waals surface area contributed by atoms with Crippen molar-refractivity contribution >= 4 is 29.1 Å². The number of rotatable bonds is 3. The standard InChI is InChI=1S/C27H16ClF2N3O/c28-19-5-3-6-20(30)23(19)24-25(26(34)17-8-11-18(29)12-9-17)33-21-7-2-1-4-16(21)10-13-22(33)27(24,14-31)15-32/h1-13,22,24-25H. The zero-order valence-electron chi connectivity index (χ0n) is 17.6. The first kappa shape index (κ1) is 21.8. The van der Waals surface area contributed by atoms with Gasteiger partial charge in [-0.1, -0.05) is 48.0 Å². The van der Waals surface area contributed by atoms with Gasteiger partial charge in [-0.25, -0.2) is 8.78 Å². The Bertz CT molecular complexity index is 1390. The average molecular weight is 472 g/mol. The van der Waals surface area contributed by atoms with Crippen LogP contribution in [0.2, 0.25) is 5.02 Å². The van der Waals surface area contributed by atoms with Crippen molar-refractivity contribution in [2.75, 3.05) is 4.90 Å². The predicted molar refractivity (Wildman–Crippen MR) is 124 cm³/mol. The van der Waals surface area contributed by atoms with Crippen LogP contribution in [-0.4, -0.2) is 17.9 Å². The molecule has 1 fully saturated rings. The molecule has 5 rings (SSSR count). The number of para-hydroxylation sites is 1. The quantitative estimate of drug-likeness (QED) is 0.446. The topological polar surface area (TPSA) is 67.9 Å². The van der Waals surface area contributed by atoms with Crippen LogP contribution in [0.5, 0.6) is 0 Å². The van der Waals surface area contributed by atoms with Gasteiger partial charge in [0.2, 0.25) is 0 Å². The summed E-state index contributed by atoms with van der Waals surface area (Å²) < 4.78 is 28.9. The Morgan fingerprint density at radius 2 is 1.68 bits per heavy atom. The third-order valence-corrected chi connectivity index (χ3v) is 6.95. The molecule has 3 unspecified atom stereocenters. The van der Waals surface area contributed by atoms with Crippen molar-refractivity contribution in [3.8, 4) is 12.1 Å². The molecule has 3 atom stereocenters. The van der Waals surface area contributed by atoms with Crippen molar-refractivity contribution < 1.29 is 13.6 Å². The molecule has 0 aromatic heterocycles. The highest BCUT2D eigenvalue weighted by Crippen LogP contribution is 2.56. The molecule has 0 radical (unpaired) electrons. The fourth-order valence-corrected chi connectivity index (χ4v) is 5.42. The van der Waals surface area contributed by atoms with Crippen LogP contribution in [0.3, 0.4) is 0 Å². The van der Waals surface area contributed by atoms with E-state index in [1.807, 2.05) is 12.1 Å². The summed E-state index contributed by atoms with van der Waals surface area (Å²) in [5.41, 5.74) is -0.272. The van der Waals surface area contributed by atoms with E-state index in [1.54, 1.807) is 29.2 Å². The van der Waals surface area contributed by atoms with Crippen LogP contribution < -0.4 is 4.90 Å². The van der Waals surface area contributed by atoms with Gasteiger partial charge in [0, 0.05) is 21.8 Å². The Morgan fingerprint density at radius 1 is 0.971 bits per heavy atom. The molecule has 2 heterocycles. The van der Waals surface area contributed by atoms with Crippen molar-refractivity contribution in [2.45, 2.75) is 18.0 Å². The highest BCUT2D eigenvalue weighted by atomic mass is 35.5. The van der Waals surface area contributed by atoms with E-state index in [1.165, 1.54) is 30.3 Å². The Morgan fingerprint density at radius 3 is 2.35 bits per heavy atom. The van der Waals surface area contributed by atoms with E-state index in [-0.39, 0.29) is 16.1 Å². The van der Waals surface area contributed by atoms with Crippen molar-refractivity contribution in [1.82, 2.24) is 0 Å². The van der Waals surface area contributed by atoms with Crippen LogP contribution in [0.4, 0.5) is 14.5 Å². The van der Waals surface area contributed by atoms with Crippen molar-refractivity contribution in [3.63, 3.8) is 0 Å². The molecule has 3 aromatic carbocycles. The molecule has 2 aliphatic heterocycles. The van der Waals surface area contributed by atoms with E-state index in [0.29, 0.717) is 5.69 Å². The van der Waals surface area contributed by atoms with Gasteiger partial charge in [0.15, 0.2) is 11.2 Å². The second-order valence-electron chi connectivity index (χ2n) is 8.29. The molecule has 0 N–H and O–H groups in total. The third kappa shape index (κ3) is 3.04. The Labute approximate surface area is 199 Å². The van der Waals surface area contributed by atoms with Gasteiger partial charge in [0.05, 0.1) is 24.1 Å². The molecule has 1 saturated heterocycles. The minimum atomic E-state index is -1.82. The molecule has 0 amide bonds. The highest BCUT2D eigenvalue weighted by molar-refractivity contribution is 6.31. The Kier molecular flexibility index (Phi) is 5.20. The van der Waals surface area contributed by atoms with Crippen LogP contribution in [-0.2, 0) is 0 Å². The minimum absolute atomic E-state index is 0.0221. The maximum atomic E-state index is 15.3. The van der Waals surface area contributed by atoms with Gasteiger partial charge in [0.25, 0.3) is 0 Å². The number of benzene rings is 3. The maximum Gasteiger partial charge on any atom is 0.185 e. The van der Waals surface area contributed by atoms with Gasteiger partial charge in [-0.2, -0.15) is 10.5 Å². The van der Waals surface area contributed by atoms with E-state index in [2.05, 4.69) is 12.1 Å². The fourth-order valence-electron chi connectivity index (χ4n) is 5.14. The summed E-state index contributed by atoms with van der Waals surface area (Å²) in [4.78, 5) is 15.7. The van der Waals surface area contributed by atoms with Crippen molar-refractivity contribution in [3.05, 3.63) is 106 Å². The van der Waals surface area contributed by atoms with Gasteiger partial charge < -0.3 is 4.90 Å². The first-order valence-corrected chi connectivity index (χ1v) is 10.9. The molecule has 166 valence electrons. The first-order valence-electron chi connectivity index (χ1n) is 10.5. The normalized spacial score (nSPS) is 21.8. The number of anilines is 1. The van der Waals surface area contributed by atoms with E-state index in [0.717, 1.165) is 17.7 Å². The summed E-state index contributed by atoms with van der Waals surface area (Å²) in [6.45, 7) is 0. The number of nitriles is 2. The molecule has 3 aromatic rings. The number of hydrogen-bond acceptors (Lipinski definition) is 4. The van der Waals surface area contributed by atoms with Gasteiger partial charge >= 0.3 is 0 Å². The van der Waals surface area contributed by atoms with Gasteiger partial charge in [-0.15, -0.1) is 0 Å². The summed E-state index contributed by atoms with van der Waals surface area (Å²) in [7, 11) is 0. The molecule has 0 saturated carbocycles. The van der Waals surface area contributed by atoms with Gasteiger partial charge in [0.1, 0.15) is 17.7 Å². The first-order chi connectivity index (χ1) is 16.4. The molecule has 4 nitrogen and oxygen atoms in total. The van der Waals surface area contributed by atoms with E-state index < -0.39 is 40.8 Å². The van der Waals surface area contributed by atoms with Gasteiger partial charge in [-0.3, -0.25) is 4.79 Å². The number of hydrogen-bond donors (Lipinski definition) is 0. The second-order valence-corrected chi connectivity index (χ2v) is 8.70. The number of fused-ring (bicyclic) bond motifs is 3. The monoisotopic (exact) mass is 471 g/mol. The Balaban J connectivity index is 1.83. The number of ketones is 1. The largest absolute Gasteiger partial charge is 0.351 e. The summed E-state index contributed by atoms with van der Waals surface area (Å²) in [6.07, 6.45) is 3.50. The SMILES string of the molecule is N#CC1(C#N)C(c2c(F)cccc2Cl)C(C(=O)c2ccc(F)cc2)N2c3ccccc3C=CC21. The van der Waals surface area contributed by atoms with Crippen LogP contribution in [0.1, 0.15) is 27.4 Å². The number of nitrogens with zero attached hydrogens (tertiary/aromatic N) is 3. The van der Waals surface area contributed by atoms with Crippen molar-refractivity contribution in [1.29, 1.82) is 10.5 Å². The van der Waals surface area contributed by atoms with E-state index in [9.17, 15) is 19.7 Å². The lowest BCUT2D eigenvalue weighted by atomic mass is 9.69. The molecule has 2 aliphatic rings. The smallest absolute Gasteiger partial charge is 0.185 e. The molecule has 7 heteroatoms. The molecule has 0 spiro atoms. The molecular formula is C27H16ClF2N3O. The predicted octanol–water partition coefficient (Wildman–Crippen LogP) is 5.90. The third-order valence-electron chi connectivity index (χ3n) is 6.62. The van der Waals surface area contributed by atoms with Crippen LogP contribution in [0.15, 0.2) is 72.8 Å². The van der Waals surface area contributed by atoms with Gasteiger partial charge in [-0.05, 0) is 48.0 Å².